The number of aliphatic hydroxyl groups excluding tert-OH is 1. The molecule has 3 rings (SSSR count). The Kier molecular flexibility index (Phi) is 7.05. The van der Waals surface area contributed by atoms with Crippen LogP contribution in [0.3, 0.4) is 0 Å². The van der Waals surface area contributed by atoms with E-state index in [1.807, 2.05) is 6.92 Å². The molecule has 2 aliphatic heterocycles. The number of sulfone groups is 1. The zero-order valence-electron chi connectivity index (χ0n) is 19.2. The van der Waals surface area contributed by atoms with Crippen LogP contribution in [0.1, 0.15) is 39.7 Å². The zero-order chi connectivity index (χ0) is 23.9. The summed E-state index contributed by atoms with van der Waals surface area (Å²) in [5, 5.41) is 9.42. The van der Waals surface area contributed by atoms with Gasteiger partial charge in [-0.25, -0.2) is 8.42 Å². The van der Waals surface area contributed by atoms with E-state index in [4.69, 9.17) is 23.7 Å². The van der Waals surface area contributed by atoms with Crippen LogP contribution < -0.4 is 0 Å². The highest BCUT2D eigenvalue weighted by molar-refractivity contribution is 7.92. The Balaban J connectivity index is 1.85. The van der Waals surface area contributed by atoms with Gasteiger partial charge in [-0.2, -0.15) is 0 Å². The van der Waals surface area contributed by atoms with E-state index in [1.54, 1.807) is 39.8 Å². The van der Waals surface area contributed by atoms with Crippen LogP contribution >= 0.6 is 0 Å². The number of hydrogen-bond acceptors (Lipinski definition) is 9. The van der Waals surface area contributed by atoms with Gasteiger partial charge in [0.2, 0.25) is 0 Å². The summed E-state index contributed by atoms with van der Waals surface area (Å²) in [4.78, 5) is 12.4. The van der Waals surface area contributed by atoms with Crippen LogP contribution in [0.15, 0.2) is 29.2 Å². The van der Waals surface area contributed by atoms with Crippen LogP contribution in [0.4, 0.5) is 0 Å². The van der Waals surface area contributed by atoms with E-state index >= 15 is 0 Å². The van der Waals surface area contributed by atoms with Gasteiger partial charge >= 0.3 is 5.97 Å². The molecule has 180 valence electrons. The largest absolute Gasteiger partial charge is 0.468 e. The minimum atomic E-state index is -4.12. The van der Waals surface area contributed by atoms with Crippen molar-refractivity contribution in [3.63, 3.8) is 0 Å². The summed E-state index contributed by atoms with van der Waals surface area (Å²) >= 11 is 0. The van der Waals surface area contributed by atoms with Crippen molar-refractivity contribution in [2.24, 2.45) is 0 Å². The maximum absolute atomic E-state index is 13.2. The Labute approximate surface area is 188 Å². The van der Waals surface area contributed by atoms with E-state index in [9.17, 15) is 18.3 Å². The van der Waals surface area contributed by atoms with Gasteiger partial charge < -0.3 is 28.8 Å². The molecule has 1 aromatic rings. The van der Waals surface area contributed by atoms with Gasteiger partial charge in [0, 0.05) is 6.42 Å². The average Bonchev–Trinajstić information content (AvgIpc) is 3.23. The molecule has 0 radical (unpaired) electrons. The first-order valence-corrected chi connectivity index (χ1v) is 12.0. The maximum atomic E-state index is 13.2. The van der Waals surface area contributed by atoms with Crippen LogP contribution in [0, 0.1) is 6.92 Å². The fourth-order valence-electron chi connectivity index (χ4n) is 4.01. The Hall–Kier alpha value is -1.56. The zero-order valence-corrected chi connectivity index (χ0v) is 20.0. The number of aryl methyl sites for hydroxylation is 1. The second-order valence-electron chi connectivity index (χ2n) is 9.10. The Morgan fingerprint density at radius 3 is 2.28 bits per heavy atom. The van der Waals surface area contributed by atoms with E-state index in [1.165, 1.54) is 12.1 Å². The lowest BCUT2D eigenvalue weighted by Crippen LogP contribution is -2.46. The smallest absolute Gasteiger partial charge is 0.324 e. The number of carbonyl (C=O) groups is 1. The number of rotatable bonds is 7. The van der Waals surface area contributed by atoms with Gasteiger partial charge in [-0.3, -0.25) is 4.79 Å². The molecule has 0 bridgehead atoms. The van der Waals surface area contributed by atoms with Gasteiger partial charge in [0.05, 0.1) is 24.7 Å². The second-order valence-corrected chi connectivity index (χ2v) is 11.2. The molecule has 2 fully saturated rings. The predicted octanol–water partition coefficient (Wildman–Crippen LogP) is 1.73. The standard InChI is InChI=1S/C22H32O9S/c1-13-7-9-14(10-8-13)32(25,26)17(20(24)27-6)11-15(23)18-19(31-22(4,5)30-18)16-12-28-21(2,3)29-16/h7-10,15-19,23H,11-12H2,1-6H3/t15-,16?,17?,18?,19-/m1/s1. The van der Waals surface area contributed by atoms with Gasteiger partial charge in [0.1, 0.15) is 18.3 Å². The van der Waals surface area contributed by atoms with Gasteiger partial charge in [0.15, 0.2) is 26.7 Å². The summed E-state index contributed by atoms with van der Waals surface area (Å²) in [5.41, 5.74) is 0.877. The van der Waals surface area contributed by atoms with Crippen molar-refractivity contribution in [2.45, 2.75) is 87.2 Å². The van der Waals surface area contributed by atoms with E-state index in [-0.39, 0.29) is 11.5 Å². The average molecular weight is 473 g/mol. The Bertz CT molecular complexity index is 923. The monoisotopic (exact) mass is 472 g/mol. The van der Waals surface area contributed by atoms with Crippen LogP contribution in [-0.4, -0.2) is 74.5 Å². The van der Waals surface area contributed by atoms with Crippen LogP contribution in [0.5, 0.6) is 0 Å². The predicted molar refractivity (Wildman–Crippen MR) is 114 cm³/mol. The highest BCUT2D eigenvalue weighted by atomic mass is 32.2. The molecule has 0 aromatic heterocycles. The number of carbonyl (C=O) groups excluding carboxylic acids is 1. The number of aliphatic hydroxyl groups is 1. The third-order valence-corrected chi connectivity index (χ3v) is 7.65. The second kappa shape index (κ2) is 9.00. The summed E-state index contributed by atoms with van der Waals surface area (Å²) in [6, 6.07) is 6.15. The molecule has 2 saturated heterocycles. The van der Waals surface area contributed by atoms with E-state index in [2.05, 4.69) is 0 Å². The minimum Gasteiger partial charge on any atom is -0.468 e. The highest BCUT2D eigenvalue weighted by Gasteiger charge is 2.53. The lowest BCUT2D eigenvalue weighted by Gasteiger charge is -2.28. The number of hydrogen-bond donors (Lipinski definition) is 1. The van der Waals surface area contributed by atoms with Gasteiger partial charge in [-0.05, 0) is 46.8 Å². The van der Waals surface area contributed by atoms with E-state index in [0.717, 1.165) is 12.7 Å². The topological polar surface area (TPSA) is 118 Å². The van der Waals surface area contributed by atoms with Gasteiger partial charge in [-0.1, -0.05) is 17.7 Å². The SMILES string of the molecule is COC(=O)C(C[C@@H](O)C1OC(C)(C)O[C@@H]1C1COC(C)(C)O1)S(=O)(=O)c1ccc(C)cc1. The van der Waals surface area contributed by atoms with Crippen LogP contribution in [0.2, 0.25) is 0 Å². The first kappa shape index (κ1) is 25.1. The number of benzene rings is 1. The highest BCUT2D eigenvalue weighted by Crippen LogP contribution is 2.38. The molecule has 1 aromatic carbocycles. The molecular weight excluding hydrogens is 440 g/mol. The molecule has 0 aliphatic carbocycles. The molecule has 10 heteroatoms. The molecule has 3 unspecified atom stereocenters. The van der Waals surface area contributed by atoms with E-state index < -0.39 is 63.5 Å². The summed E-state index contributed by atoms with van der Waals surface area (Å²) in [6.07, 6.45) is -3.97. The molecule has 2 aliphatic rings. The number of esters is 1. The summed E-state index contributed by atoms with van der Waals surface area (Å²) in [5.74, 6) is -2.82. The van der Waals surface area contributed by atoms with E-state index in [0.29, 0.717) is 0 Å². The fourth-order valence-corrected chi connectivity index (χ4v) is 5.65. The summed E-state index contributed by atoms with van der Waals surface area (Å²) < 4.78 is 54.5. The van der Waals surface area contributed by atoms with Crippen molar-refractivity contribution in [3.05, 3.63) is 29.8 Å². The molecule has 0 spiro atoms. The first-order valence-electron chi connectivity index (χ1n) is 10.5. The molecule has 9 nitrogen and oxygen atoms in total. The number of methoxy groups -OCH3 is 1. The summed E-state index contributed by atoms with van der Waals surface area (Å²) in [6.45, 7) is 8.96. The van der Waals surface area contributed by atoms with Crippen molar-refractivity contribution >= 4 is 15.8 Å². The molecule has 32 heavy (non-hydrogen) atoms. The third kappa shape index (κ3) is 5.32. The van der Waals surface area contributed by atoms with Crippen molar-refractivity contribution in [1.82, 2.24) is 0 Å². The van der Waals surface area contributed by atoms with Crippen molar-refractivity contribution in [1.29, 1.82) is 0 Å². The van der Waals surface area contributed by atoms with Gasteiger partial charge in [-0.15, -0.1) is 0 Å². The maximum Gasteiger partial charge on any atom is 0.324 e. The molecule has 1 N–H and O–H groups in total. The molecular formula is C22H32O9S. The van der Waals surface area contributed by atoms with Crippen molar-refractivity contribution in [2.75, 3.05) is 13.7 Å². The Morgan fingerprint density at radius 2 is 1.75 bits per heavy atom. The number of ether oxygens (including phenoxy) is 5. The van der Waals surface area contributed by atoms with Crippen LogP contribution in [-0.2, 0) is 38.3 Å². The third-order valence-electron chi connectivity index (χ3n) is 5.58. The Morgan fingerprint density at radius 1 is 1.12 bits per heavy atom. The van der Waals surface area contributed by atoms with Gasteiger partial charge in [0.25, 0.3) is 0 Å². The van der Waals surface area contributed by atoms with Crippen molar-refractivity contribution < 1.29 is 42.0 Å². The summed E-state index contributed by atoms with van der Waals surface area (Å²) in [7, 11) is -3.01. The normalized spacial score (nSPS) is 28.9. The molecule has 0 saturated carbocycles. The quantitative estimate of drug-likeness (QED) is 0.592. The first-order chi connectivity index (χ1) is 14.8. The fraction of sp³-hybridized carbons (Fsp3) is 0.682. The minimum absolute atomic E-state index is 0.0274. The molecule has 0 amide bonds. The lowest BCUT2D eigenvalue weighted by atomic mass is 10.00. The lowest BCUT2D eigenvalue weighted by molar-refractivity contribution is -0.175. The molecule has 2 heterocycles. The van der Waals surface area contributed by atoms with Crippen molar-refractivity contribution in [3.8, 4) is 0 Å². The molecule has 5 atom stereocenters. The van der Waals surface area contributed by atoms with Crippen LogP contribution in [0.25, 0.3) is 0 Å².